The van der Waals surface area contributed by atoms with Crippen LogP contribution in [0.15, 0.2) is 72.9 Å². The number of nitrogens with two attached hydrogens (primary N) is 1. The fourth-order valence-electron chi connectivity index (χ4n) is 3.77. The zero-order chi connectivity index (χ0) is 24.4. The number of benzene rings is 3. The summed E-state index contributed by atoms with van der Waals surface area (Å²) >= 11 is 0. The van der Waals surface area contributed by atoms with Crippen LogP contribution in [0, 0.1) is 0 Å². The van der Waals surface area contributed by atoms with E-state index in [4.69, 9.17) is 15.2 Å². The molecule has 176 valence electrons. The molecule has 0 saturated heterocycles. The fraction of sp³-hybridized carbons (Fsp3) is 0.148. The molecule has 0 saturated carbocycles. The number of carbonyl (C=O) groups is 1. The molecule has 0 unspecified atom stereocenters. The summed E-state index contributed by atoms with van der Waals surface area (Å²) in [5.41, 5.74) is 10.9. The molecule has 8 heteroatoms. The smallest absolute Gasteiger partial charge is 0.255 e. The highest BCUT2D eigenvalue weighted by molar-refractivity contribution is 6.05. The molecule has 0 fully saturated rings. The summed E-state index contributed by atoms with van der Waals surface area (Å²) in [5, 5.41) is 6.14. The van der Waals surface area contributed by atoms with Crippen molar-refractivity contribution in [1.82, 2.24) is 9.97 Å². The van der Waals surface area contributed by atoms with Gasteiger partial charge in [0.25, 0.3) is 5.91 Å². The van der Waals surface area contributed by atoms with Gasteiger partial charge in [0.2, 0.25) is 5.95 Å². The first-order valence-corrected chi connectivity index (χ1v) is 11.3. The number of aromatic nitrogens is 2. The van der Waals surface area contributed by atoms with Crippen LogP contribution < -0.4 is 25.8 Å². The molecule has 3 aliphatic rings. The largest absolute Gasteiger partial charge is 0.491 e. The Balaban J connectivity index is 1.58. The maximum Gasteiger partial charge on any atom is 0.255 e. The van der Waals surface area contributed by atoms with E-state index < -0.39 is 0 Å². The molecule has 7 rings (SSSR count). The van der Waals surface area contributed by atoms with Crippen molar-refractivity contribution in [3.8, 4) is 22.8 Å². The van der Waals surface area contributed by atoms with Crippen LogP contribution in [-0.4, -0.2) is 22.0 Å². The maximum absolute atomic E-state index is 12.8. The molecule has 0 aliphatic carbocycles. The van der Waals surface area contributed by atoms with Gasteiger partial charge in [-0.25, -0.2) is 9.97 Å². The number of amides is 1. The minimum Gasteiger partial charge on any atom is -0.491 e. The first-order valence-electron chi connectivity index (χ1n) is 11.3. The van der Waals surface area contributed by atoms with E-state index in [1.165, 1.54) is 0 Å². The van der Waals surface area contributed by atoms with E-state index in [0.717, 1.165) is 17.0 Å². The van der Waals surface area contributed by atoms with E-state index in [1.807, 2.05) is 44.2 Å². The van der Waals surface area contributed by atoms with E-state index in [0.29, 0.717) is 46.5 Å². The second-order valence-electron chi connectivity index (χ2n) is 8.45. The topological polar surface area (TPSA) is 111 Å². The zero-order valence-corrected chi connectivity index (χ0v) is 19.4. The second kappa shape index (κ2) is 9.34. The van der Waals surface area contributed by atoms with Gasteiger partial charge in [-0.2, -0.15) is 0 Å². The van der Waals surface area contributed by atoms with Gasteiger partial charge in [0.15, 0.2) is 0 Å². The molecule has 4 heterocycles. The Morgan fingerprint density at radius 2 is 1.77 bits per heavy atom. The number of nitrogens with zero attached hydrogens (tertiary/aromatic N) is 2. The van der Waals surface area contributed by atoms with Crippen molar-refractivity contribution in [2.45, 2.75) is 26.6 Å². The monoisotopic (exact) mass is 467 g/mol. The van der Waals surface area contributed by atoms with Crippen molar-refractivity contribution in [2.24, 2.45) is 0 Å². The van der Waals surface area contributed by atoms with E-state index >= 15 is 0 Å². The van der Waals surface area contributed by atoms with Crippen LogP contribution in [-0.2, 0) is 6.61 Å². The Morgan fingerprint density at radius 1 is 0.971 bits per heavy atom. The molecule has 4 N–H and O–H groups in total. The second-order valence-corrected chi connectivity index (χ2v) is 8.45. The Labute approximate surface area is 203 Å². The van der Waals surface area contributed by atoms with Crippen LogP contribution in [0.4, 0.5) is 23.0 Å². The lowest BCUT2D eigenvalue weighted by Gasteiger charge is -2.17. The molecular formula is C27H25N5O3. The average Bonchev–Trinajstić information content (AvgIpc) is 2.84. The van der Waals surface area contributed by atoms with E-state index in [-0.39, 0.29) is 12.0 Å². The quantitative estimate of drug-likeness (QED) is 0.338. The Bertz CT molecular complexity index is 1390. The van der Waals surface area contributed by atoms with Crippen LogP contribution in [0.5, 0.6) is 11.5 Å². The third-order valence-corrected chi connectivity index (χ3v) is 5.43. The molecule has 3 aromatic carbocycles. The van der Waals surface area contributed by atoms with Crippen molar-refractivity contribution in [3.05, 3.63) is 84.1 Å². The summed E-state index contributed by atoms with van der Waals surface area (Å²) in [6.45, 7) is 4.26. The SMILES string of the molecule is CC(C)Oc1ccc2cc1COc1ccc(cc1)NC(=O)c1ccc(c(N)c1)-c1ccnc(n1)N2. The molecule has 0 radical (unpaired) electrons. The van der Waals surface area contributed by atoms with Gasteiger partial charge in [-0.05, 0) is 80.6 Å². The first-order chi connectivity index (χ1) is 16.9. The number of fused-ring (bicyclic) bond motifs is 2. The van der Waals surface area contributed by atoms with Crippen LogP contribution in [0.2, 0.25) is 0 Å². The molecule has 3 aliphatic heterocycles. The van der Waals surface area contributed by atoms with Crippen molar-refractivity contribution in [3.63, 3.8) is 0 Å². The van der Waals surface area contributed by atoms with Gasteiger partial charge in [0, 0.05) is 39.9 Å². The normalized spacial score (nSPS) is 12.7. The molecule has 0 atom stereocenters. The number of ether oxygens (including phenoxy) is 2. The lowest BCUT2D eigenvalue weighted by atomic mass is 10.1. The molecule has 0 spiro atoms. The van der Waals surface area contributed by atoms with Crippen molar-refractivity contribution < 1.29 is 14.3 Å². The Kier molecular flexibility index (Phi) is 5.93. The maximum atomic E-state index is 12.8. The van der Waals surface area contributed by atoms with E-state index in [1.54, 1.807) is 42.6 Å². The van der Waals surface area contributed by atoms with Gasteiger partial charge in [-0.1, -0.05) is 0 Å². The number of hydrogen-bond acceptors (Lipinski definition) is 7. The molecular weight excluding hydrogens is 442 g/mol. The van der Waals surface area contributed by atoms with Crippen molar-refractivity contribution in [1.29, 1.82) is 0 Å². The van der Waals surface area contributed by atoms with Crippen LogP contribution in [0.1, 0.15) is 29.8 Å². The van der Waals surface area contributed by atoms with Crippen molar-refractivity contribution >= 4 is 28.9 Å². The average molecular weight is 468 g/mol. The van der Waals surface area contributed by atoms with Gasteiger partial charge >= 0.3 is 0 Å². The van der Waals surface area contributed by atoms with Crippen molar-refractivity contribution in [2.75, 3.05) is 16.4 Å². The summed E-state index contributed by atoms with van der Waals surface area (Å²) < 4.78 is 12.0. The lowest BCUT2D eigenvalue weighted by molar-refractivity contribution is 0.102. The molecule has 1 aromatic heterocycles. The number of anilines is 4. The van der Waals surface area contributed by atoms with Gasteiger partial charge in [-0.3, -0.25) is 4.79 Å². The molecule has 8 nitrogen and oxygen atoms in total. The summed E-state index contributed by atoms with van der Waals surface area (Å²) in [6.07, 6.45) is 1.68. The lowest BCUT2D eigenvalue weighted by Crippen LogP contribution is -2.12. The first kappa shape index (κ1) is 22.2. The van der Waals surface area contributed by atoms with Gasteiger partial charge in [0.05, 0.1) is 11.8 Å². The van der Waals surface area contributed by atoms with E-state index in [2.05, 4.69) is 20.6 Å². The van der Waals surface area contributed by atoms with E-state index in [9.17, 15) is 4.79 Å². The third-order valence-electron chi connectivity index (χ3n) is 5.43. The Morgan fingerprint density at radius 3 is 2.54 bits per heavy atom. The Hall–Kier alpha value is -4.59. The summed E-state index contributed by atoms with van der Waals surface area (Å²) in [6, 6.07) is 19.9. The van der Waals surface area contributed by atoms with Gasteiger partial charge in [-0.15, -0.1) is 0 Å². The minimum atomic E-state index is -0.258. The van der Waals surface area contributed by atoms with Crippen LogP contribution in [0.3, 0.4) is 0 Å². The summed E-state index contributed by atoms with van der Waals surface area (Å²) in [7, 11) is 0. The number of carbonyl (C=O) groups excluding carboxylic acids is 1. The third kappa shape index (κ3) is 5.01. The number of hydrogen-bond donors (Lipinski definition) is 3. The number of nitrogens with one attached hydrogen (secondary N) is 2. The van der Waals surface area contributed by atoms with Crippen LogP contribution >= 0.6 is 0 Å². The highest BCUT2D eigenvalue weighted by Gasteiger charge is 2.14. The molecule has 35 heavy (non-hydrogen) atoms. The zero-order valence-electron chi connectivity index (χ0n) is 19.4. The fourth-order valence-corrected chi connectivity index (χ4v) is 3.77. The van der Waals surface area contributed by atoms with Gasteiger partial charge in [0.1, 0.15) is 18.1 Å². The predicted molar refractivity (Wildman–Crippen MR) is 136 cm³/mol. The summed E-state index contributed by atoms with van der Waals surface area (Å²) in [4.78, 5) is 21.7. The molecule has 4 aromatic rings. The number of nitrogen functional groups attached to an aromatic ring is 1. The highest BCUT2D eigenvalue weighted by Crippen LogP contribution is 2.30. The highest BCUT2D eigenvalue weighted by atomic mass is 16.5. The predicted octanol–water partition coefficient (Wildman–Crippen LogP) is 5.40. The summed E-state index contributed by atoms with van der Waals surface area (Å²) in [5.74, 6) is 1.56. The number of rotatable bonds is 2. The molecule has 1 amide bonds. The van der Waals surface area contributed by atoms with Gasteiger partial charge < -0.3 is 25.8 Å². The van der Waals surface area contributed by atoms with Crippen LogP contribution in [0.25, 0.3) is 11.3 Å². The molecule has 8 bridgehead atoms. The minimum absolute atomic E-state index is 0.0154. The standard InChI is InChI=1S/C27H25N5O3/c1-16(2)35-25-10-6-20-13-18(25)15-34-21-7-4-19(5-8-21)30-26(33)17-3-9-22(23(28)14-17)24-11-12-29-27(31-20)32-24/h3-14,16H,15,28H2,1-2H3,(H,30,33)(H,29,31,32).